The molecule has 5 heteroatoms. The maximum absolute atomic E-state index is 12.6. The SMILES string of the molecule is O=S(=O)(NC1CCCSC1)c1cccc2ccccc12. The third-order valence-electron chi connectivity index (χ3n) is 3.52. The van der Waals surface area contributed by atoms with E-state index in [1.807, 2.05) is 42.1 Å². The Balaban J connectivity index is 1.96. The van der Waals surface area contributed by atoms with Gasteiger partial charge in [0.05, 0.1) is 4.90 Å². The van der Waals surface area contributed by atoms with Crippen LogP contribution in [0.2, 0.25) is 0 Å². The van der Waals surface area contributed by atoms with Crippen molar-refractivity contribution in [3.8, 4) is 0 Å². The molecule has 1 fully saturated rings. The summed E-state index contributed by atoms with van der Waals surface area (Å²) in [6, 6.07) is 13.1. The first-order valence-corrected chi connectivity index (χ1v) is 9.38. The van der Waals surface area contributed by atoms with Crippen LogP contribution in [0.4, 0.5) is 0 Å². The Morgan fingerprint density at radius 2 is 1.90 bits per heavy atom. The third kappa shape index (κ3) is 2.85. The summed E-state index contributed by atoms with van der Waals surface area (Å²) in [5.41, 5.74) is 0. The van der Waals surface area contributed by atoms with Gasteiger partial charge in [0.15, 0.2) is 0 Å². The van der Waals surface area contributed by atoms with Crippen molar-refractivity contribution < 1.29 is 8.42 Å². The summed E-state index contributed by atoms with van der Waals surface area (Å²) in [6.07, 6.45) is 2.00. The van der Waals surface area contributed by atoms with Crippen LogP contribution in [0.3, 0.4) is 0 Å². The normalized spacial score (nSPS) is 20.1. The molecule has 0 saturated carbocycles. The van der Waals surface area contributed by atoms with Crippen LogP contribution >= 0.6 is 11.8 Å². The van der Waals surface area contributed by atoms with E-state index in [2.05, 4.69) is 4.72 Å². The summed E-state index contributed by atoms with van der Waals surface area (Å²) < 4.78 is 28.0. The summed E-state index contributed by atoms with van der Waals surface area (Å²) >= 11 is 1.82. The van der Waals surface area contributed by atoms with Gasteiger partial charge in [-0.2, -0.15) is 11.8 Å². The van der Waals surface area contributed by atoms with E-state index in [0.717, 1.165) is 35.1 Å². The summed E-state index contributed by atoms with van der Waals surface area (Å²) in [5.74, 6) is 2.00. The Kier molecular flexibility index (Phi) is 4.01. The van der Waals surface area contributed by atoms with Crippen LogP contribution in [0.5, 0.6) is 0 Å². The van der Waals surface area contributed by atoms with E-state index >= 15 is 0 Å². The van der Waals surface area contributed by atoms with Crippen molar-refractivity contribution in [2.75, 3.05) is 11.5 Å². The molecule has 0 amide bonds. The second-order valence-electron chi connectivity index (χ2n) is 5.01. The number of benzene rings is 2. The molecule has 3 nitrogen and oxygen atoms in total. The van der Waals surface area contributed by atoms with E-state index in [1.165, 1.54) is 0 Å². The van der Waals surface area contributed by atoms with Crippen molar-refractivity contribution in [2.24, 2.45) is 0 Å². The number of fused-ring (bicyclic) bond motifs is 1. The lowest BCUT2D eigenvalue weighted by Crippen LogP contribution is -2.38. The Morgan fingerprint density at radius 3 is 2.70 bits per heavy atom. The van der Waals surface area contributed by atoms with E-state index in [1.54, 1.807) is 12.1 Å². The highest BCUT2D eigenvalue weighted by molar-refractivity contribution is 7.99. The third-order valence-corrected chi connectivity index (χ3v) is 6.32. The first-order valence-electron chi connectivity index (χ1n) is 6.75. The second-order valence-corrected chi connectivity index (χ2v) is 7.84. The van der Waals surface area contributed by atoms with Crippen LogP contribution in [0.15, 0.2) is 47.4 Å². The Morgan fingerprint density at radius 1 is 1.10 bits per heavy atom. The van der Waals surface area contributed by atoms with Gasteiger partial charge in [-0.1, -0.05) is 36.4 Å². The van der Waals surface area contributed by atoms with Gasteiger partial charge in [0.25, 0.3) is 0 Å². The number of hydrogen-bond acceptors (Lipinski definition) is 3. The lowest BCUT2D eigenvalue weighted by molar-refractivity contribution is 0.544. The van der Waals surface area contributed by atoms with Crippen LogP contribution in [-0.2, 0) is 10.0 Å². The molecule has 3 rings (SSSR count). The van der Waals surface area contributed by atoms with Gasteiger partial charge in [-0.05, 0) is 30.0 Å². The van der Waals surface area contributed by atoms with Crippen LogP contribution in [0.1, 0.15) is 12.8 Å². The minimum atomic E-state index is -3.45. The lowest BCUT2D eigenvalue weighted by atomic mass is 10.1. The number of rotatable bonds is 3. The smallest absolute Gasteiger partial charge is 0.207 e. The van der Waals surface area contributed by atoms with Gasteiger partial charge in [-0.3, -0.25) is 0 Å². The van der Waals surface area contributed by atoms with E-state index in [0.29, 0.717) is 4.90 Å². The molecule has 20 heavy (non-hydrogen) atoms. The molecule has 1 unspecified atom stereocenters. The zero-order valence-corrected chi connectivity index (χ0v) is 12.7. The van der Waals surface area contributed by atoms with Crippen molar-refractivity contribution in [3.63, 3.8) is 0 Å². The van der Waals surface area contributed by atoms with Gasteiger partial charge in [-0.25, -0.2) is 13.1 Å². The molecule has 0 spiro atoms. The maximum atomic E-state index is 12.6. The highest BCUT2D eigenvalue weighted by atomic mass is 32.2. The number of nitrogens with one attached hydrogen (secondary N) is 1. The van der Waals surface area contributed by atoms with Crippen LogP contribution in [0, 0.1) is 0 Å². The lowest BCUT2D eigenvalue weighted by Gasteiger charge is -2.22. The molecule has 106 valence electrons. The highest BCUT2D eigenvalue weighted by Gasteiger charge is 2.23. The monoisotopic (exact) mass is 307 g/mol. The van der Waals surface area contributed by atoms with E-state index in [9.17, 15) is 8.42 Å². The summed E-state index contributed by atoms with van der Waals surface area (Å²) in [5, 5.41) is 1.74. The van der Waals surface area contributed by atoms with Gasteiger partial charge in [0.2, 0.25) is 10.0 Å². The number of thioether (sulfide) groups is 1. The van der Waals surface area contributed by atoms with Gasteiger partial charge >= 0.3 is 0 Å². The van der Waals surface area contributed by atoms with Crippen molar-refractivity contribution in [1.29, 1.82) is 0 Å². The highest BCUT2D eigenvalue weighted by Crippen LogP contribution is 2.24. The molecule has 2 aromatic rings. The molecule has 1 heterocycles. The Labute approximate surface area is 123 Å². The topological polar surface area (TPSA) is 46.2 Å². The summed E-state index contributed by atoms with van der Waals surface area (Å²) in [6.45, 7) is 0. The van der Waals surface area contributed by atoms with Crippen LogP contribution in [0.25, 0.3) is 10.8 Å². The Bertz CT molecular complexity index is 701. The van der Waals surface area contributed by atoms with Crippen molar-refractivity contribution >= 4 is 32.6 Å². The number of sulfonamides is 1. The van der Waals surface area contributed by atoms with Crippen molar-refractivity contribution in [2.45, 2.75) is 23.8 Å². The zero-order valence-electron chi connectivity index (χ0n) is 11.1. The Hall–Kier alpha value is -1.04. The standard InChI is InChI=1S/C15H17NO2S2/c17-20(18,16-13-7-4-10-19-11-13)15-9-3-6-12-5-1-2-8-14(12)15/h1-3,5-6,8-9,13,16H,4,7,10-11H2. The maximum Gasteiger partial charge on any atom is 0.241 e. The van der Waals surface area contributed by atoms with Gasteiger partial charge in [0.1, 0.15) is 0 Å². The molecule has 0 bridgehead atoms. The molecule has 1 aliphatic rings. The predicted octanol–water partition coefficient (Wildman–Crippen LogP) is 3.01. The van der Waals surface area contributed by atoms with E-state index < -0.39 is 10.0 Å². The second kappa shape index (κ2) is 5.76. The zero-order chi connectivity index (χ0) is 14.0. The molecule has 2 aromatic carbocycles. The van der Waals surface area contributed by atoms with Crippen LogP contribution < -0.4 is 4.72 Å². The van der Waals surface area contributed by atoms with Gasteiger partial charge in [0, 0.05) is 17.2 Å². The summed E-state index contributed by atoms with van der Waals surface area (Å²) in [7, 11) is -3.45. The van der Waals surface area contributed by atoms with E-state index in [-0.39, 0.29) is 6.04 Å². The molecular formula is C15H17NO2S2. The average Bonchev–Trinajstić information content (AvgIpc) is 2.47. The van der Waals surface area contributed by atoms with E-state index in [4.69, 9.17) is 0 Å². The van der Waals surface area contributed by atoms with Crippen LogP contribution in [-0.4, -0.2) is 26.0 Å². The molecule has 1 aliphatic heterocycles. The molecular weight excluding hydrogens is 290 g/mol. The fourth-order valence-electron chi connectivity index (χ4n) is 2.55. The minimum Gasteiger partial charge on any atom is -0.207 e. The predicted molar refractivity (Wildman–Crippen MR) is 84.6 cm³/mol. The van der Waals surface area contributed by atoms with Crippen molar-refractivity contribution in [1.82, 2.24) is 4.72 Å². The first kappa shape index (κ1) is 13.9. The molecule has 0 aliphatic carbocycles. The largest absolute Gasteiger partial charge is 0.241 e. The molecule has 1 saturated heterocycles. The number of hydrogen-bond donors (Lipinski definition) is 1. The van der Waals surface area contributed by atoms with Gasteiger partial charge < -0.3 is 0 Å². The van der Waals surface area contributed by atoms with Gasteiger partial charge in [-0.15, -0.1) is 0 Å². The molecule has 1 N–H and O–H groups in total. The molecule has 0 radical (unpaired) electrons. The summed E-state index contributed by atoms with van der Waals surface area (Å²) in [4.78, 5) is 0.381. The first-order chi connectivity index (χ1) is 9.67. The average molecular weight is 307 g/mol. The quantitative estimate of drug-likeness (QED) is 0.948. The molecule has 0 aromatic heterocycles. The fourth-order valence-corrected chi connectivity index (χ4v) is 5.22. The van der Waals surface area contributed by atoms with Crippen molar-refractivity contribution in [3.05, 3.63) is 42.5 Å². The fraction of sp³-hybridized carbons (Fsp3) is 0.333. The minimum absolute atomic E-state index is 0.0534. The molecule has 1 atom stereocenters.